The Hall–Kier alpha value is -2.34. The molecule has 0 N–H and O–H groups in total. The first-order valence-electron chi connectivity index (χ1n) is 5.93. The number of rotatable bonds is 2. The smallest absolute Gasteiger partial charge is 0.297 e. The highest BCUT2D eigenvalue weighted by Gasteiger charge is 2.38. The van der Waals surface area contributed by atoms with Gasteiger partial charge >= 0.3 is 0 Å². The molecule has 0 radical (unpaired) electrons. The van der Waals surface area contributed by atoms with Crippen molar-refractivity contribution in [2.24, 2.45) is 0 Å². The molecule has 1 aliphatic heterocycles. The van der Waals surface area contributed by atoms with Gasteiger partial charge < -0.3 is 0 Å². The van der Waals surface area contributed by atoms with E-state index in [1.165, 1.54) is 12.3 Å². The number of hydrogen-bond donors (Lipinski definition) is 0. The van der Waals surface area contributed by atoms with E-state index >= 15 is 0 Å². The number of halogens is 3. The van der Waals surface area contributed by atoms with Crippen LogP contribution < -0.4 is 4.90 Å². The summed E-state index contributed by atoms with van der Waals surface area (Å²) >= 11 is 5.66. The maximum Gasteiger partial charge on any atom is 0.299 e. The van der Waals surface area contributed by atoms with E-state index in [1.54, 1.807) is 6.07 Å². The molecule has 0 bridgehead atoms. The van der Waals surface area contributed by atoms with Crippen molar-refractivity contribution in [3.8, 4) is 0 Å². The van der Waals surface area contributed by atoms with Crippen LogP contribution in [0.3, 0.4) is 0 Å². The number of anilines is 1. The number of ketones is 1. The molecular weight excluding hydrogens is 302 g/mol. The number of benzene rings is 1. The van der Waals surface area contributed by atoms with Crippen LogP contribution in [0.25, 0.3) is 0 Å². The molecular formula is C14H7ClF2N2O2. The van der Waals surface area contributed by atoms with Crippen LogP contribution in [0.4, 0.5) is 14.5 Å². The predicted octanol–water partition coefficient (Wildman–Crippen LogP) is 2.74. The summed E-state index contributed by atoms with van der Waals surface area (Å²) in [7, 11) is 0. The average Bonchev–Trinajstić information content (AvgIpc) is 2.67. The molecule has 0 saturated heterocycles. The van der Waals surface area contributed by atoms with E-state index in [1.807, 2.05) is 0 Å². The SMILES string of the molecule is O=C1C(=O)N(Cc2ccc(Cl)nc2)c2c(F)cc(F)cc21. The minimum Gasteiger partial charge on any atom is -0.297 e. The number of amides is 1. The number of carbonyl (C=O) groups excluding carboxylic acids is 2. The third-order valence-corrected chi connectivity index (χ3v) is 3.34. The molecule has 1 amide bonds. The summed E-state index contributed by atoms with van der Waals surface area (Å²) in [4.78, 5) is 28.5. The number of carbonyl (C=O) groups is 2. The van der Waals surface area contributed by atoms with Gasteiger partial charge in [-0.05, 0) is 17.7 Å². The molecule has 1 aromatic heterocycles. The quantitative estimate of drug-likeness (QED) is 0.633. The summed E-state index contributed by atoms with van der Waals surface area (Å²) in [6.07, 6.45) is 1.42. The first kappa shape index (κ1) is 13.6. The summed E-state index contributed by atoms with van der Waals surface area (Å²) in [6, 6.07) is 4.62. The normalized spacial score (nSPS) is 13.8. The largest absolute Gasteiger partial charge is 0.299 e. The second-order valence-electron chi connectivity index (χ2n) is 4.49. The van der Waals surface area contributed by atoms with Crippen LogP contribution in [0.2, 0.25) is 5.15 Å². The minimum absolute atomic E-state index is 0.0513. The van der Waals surface area contributed by atoms with Crippen LogP contribution in [0, 0.1) is 11.6 Å². The number of aromatic nitrogens is 1. The Morgan fingerprint density at radius 3 is 2.62 bits per heavy atom. The highest BCUT2D eigenvalue weighted by atomic mass is 35.5. The second-order valence-corrected chi connectivity index (χ2v) is 4.88. The summed E-state index contributed by atoms with van der Waals surface area (Å²) in [5.74, 6) is -3.68. The third-order valence-electron chi connectivity index (χ3n) is 3.11. The summed E-state index contributed by atoms with van der Waals surface area (Å²) in [5.41, 5.74) is 0.0953. The van der Waals surface area contributed by atoms with Crippen LogP contribution in [-0.4, -0.2) is 16.7 Å². The molecule has 3 rings (SSSR count). The highest BCUT2D eigenvalue weighted by molar-refractivity contribution is 6.52. The van der Waals surface area contributed by atoms with Gasteiger partial charge in [-0.15, -0.1) is 0 Å². The third kappa shape index (κ3) is 2.27. The fourth-order valence-electron chi connectivity index (χ4n) is 2.19. The molecule has 2 heterocycles. The van der Waals surface area contributed by atoms with Gasteiger partial charge in [0, 0.05) is 12.3 Å². The lowest BCUT2D eigenvalue weighted by Crippen LogP contribution is -2.29. The Labute approximate surface area is 123 Å². The molecule has 21 heavy (non-hydrogen) atoms. The molecule has 0 unspecified atom stereocenters. The van der Waals surface area contributed by atoms with Crippen LogP contribution in [0.15, 0.2) is 30.5 Å². The van der Waals surface area contributed by atoms with Gasteiger partial charge in [-0.3, -0.25) is 14.5 Å². The van der Waals surface area contributed by atoms with Gasteiger partial charge in [-0.2, -0.15) is 0 Å². The van der Waals surface area contributed by atoms with Crippen molar-refractivity contribution in [3.05, 3.63) is 58.4 Å². The molecule has 0 aliphatic carbocycles. The van der Waals surface area contributed by atoms with Gasteiger partial charge in [0.2, 0.25) is 0 Å². The summed E-state index contributed by atoms with van der Waals surface area (Å²) < 4.78 is 27.1. The Kier molecular flexibility index (Phi) is 3.17. The fourth-order valence-corrected chi connectivity index (χ4v) is 2.30. The van der Waals surface area contributed by atoms with E-state index in [2.05, 4.69) is 4.98 Å². The van der Waals surface area contributed by atoms with Crippen molar-refractivity contribution >= 4 is 29.0 Å². The first-order valence-corrected chi connectivity index (χ1v) is 6.31. The first-order chi connectivity index (χ1) is 9.97. The molecule has 1 aliphatic rings. The van der Waals surface area contributed by atoms with Gasteiger partial charge in [-0.1, -0.05) is 17.7 Å². The monoisotopic (exact) mass is 308 g/mol. The predicted molar refractivity (Wildman–Crippen MR) is 71.1 cm³/mol. The Morgan fingerprint density at radius 1 is 1.19 bits per heavy atom. The lowest BCUT2D eigenvalue weighted by Gasteiger charge is -2.16. The fraction of sp³-hybridized carbons (Fsp3) is 0.0714. The zero-order valence-corrected chi connectivity index (χ0v) is 11.2. The van der Waals surface area contributed by atoms with Crippen molar-refractivity contribution in [3.63, 3.8) is 0 Å². The van der Waals surface area contributed by atoms with Gasteiger partial charge in [0.05, 0.1) is 17.8 Å². The lowest BCUT2D eigenvalue weighted by atomic mass is 10.1. The number of hydrogen-bond acceptors (Lipinski definition) is 3. The van der Waals surface area contributed by atoms with Crippen LogP contribution in [0.1, 0.15) is 15.9 Å². The Bertz CT molecular complexity index is 762. The highest BCUT2D eigenvalue weighted by Crippen LogP contribution is 2.33. The topological polar surface area (TPSA) is 50.3 Å². The van der Waals surface area contributed by atoms with E-state index < -0.39 is 23.3 Å². The summed E-state index contributed by atoms with van der Waals surface area (Å²) in [6.45, 7) is -0.0513. The average molecular weight is 309 g/mol. The molecule has 106 valence electrons. The van der Waals surface area contributed by atoms with Crippen molar-refractivity contribution in [2.45, 2.75) is 6.54 Å². The van der Waals surface area contributed by atoms with Gasteiger partial charge in [-0.25, -0.2) is 13.8 Å². The van der Waals surface area contributed by atoms with E-state index in [4.69, 9.17) is 11.6 Å². The zero-order valence-electron chi connectivity index (χ0n) is 10.4. The van der Waals surface area contributed by atoms with Crippen molar-refractivity contribution in [1.29, 1.82) is 0 Å². The maximum absolute atomic E-state index is 13.9. The number of nitrogens with zero attached hydrogens (tertiary/aromatic N) is 2. The maximum atomic E-state index is 13.9. The van der Waals surface area contributed by atoms with E-state index in [0.29, 0.717) is 11.6 Å². The van der Waals surface area contributed by atoms with Crippen molar-refractivity contribution in [2.75, 3.05) is 4.90 Å². The molecule has 4 nitrogen and oxygen atoms in total. The second kappa shape index (κ2) is 4.89. The van der Waals surface area contributed by atoms with Crippen LogP contribution in [-0.2, 0) is 11.3 Å². The molecule has 0 saturated carbocycles. The lowest BCUT2D eigenvalue weighted by molar-refractivity contribution is -0.114. The minimum atomic E-state index is -0.953. The molecule has 7 heteroatoms. The number of pyridine rings is 1. The van der Waals surface area contributed by atoms with E-state index in [-0.39, 0.29) is 22.9 Å². The van der Waals surface area contributed by atoms with Crippen LogP contribution in [0.5, 0.6) is 0 Å². The molecule has 0 fully saturated rings. The number of Topliss-reactive ketones (excluding diaryl/α,β-unsaturated/α-hetero) is 1. The molecule has 0 spiro atoms. The molecule has 1 aromatic carbocycles. The molecule has 2 aromatic rings. The van der Waals surface area contributed by atoms with Gasteiger partial charge in [0.1, 0.15) is 11.0 Å². The Morgan fingerprint density at radius 2 is 1.95 bits per heavy atom. The Balaban J connectivity index is 2.03. The van der Waals surface area contributed by atoms with E-state index in [0.717, 1.165) is 11.0 Å². The molecule has 0 atom stereocenters. The number of fused-ring (bicyclic) bond motifs is 1. The van der Waals surface area contributed by atoms with Gasteiger partial charge in [0.15, 0.2) is 5.82 Å². The zero-order chi connectivity index (χ0) is 15.1. The van der Waals surface area contributed by atoms with Crippen molar-refractivity contribution < 1.29 is 18.4 Å². The van der Waals surface area contributed by atoms with Crippen molar-refractivity contribution in [1.82, 2.24) is 4.98 Å². The van der Waals surface area contributed by atoms with Crippen LogP contribution >= 0.6 is 11.6 Å². The van der Waals surface area contributed by atoms with E-state index in [9.17, 15) is 18.4 Å². The standard InChI is InChI=1S/C14H7ClF2N2O2/c15-11-2-1-7(5-18-11)6-19-12-9(13(20)14(19)21)3-8(16)4-10(12)17/h1-5H,6H2. The summed E-state index contributed by atoms with van der Waals surface area (Å²) in [5, 5.41) is 0.274. The van der Waals surface area contributed by atoms with Gasteiger partial charge in [0.25, 0.3) is 11.7 Å².